The Morgan fingerprint density at radius 3 is 2.48 bits per heavy atom. The summed E-state index contributed by atoms with van der Waals surface area (Å²) in [5.74, 6) is -0.165. The Hall–Kier alpha value is -1.63. The molecular formula is C17H25N3O3. The molecule has 1 amide bonds. The molecule has 2 heterocycles. The van der Waals surface area contributed by atoms with Gasteiger partial charge in [-0.2, -0.15) is 0 Å². The van der Waals surface area contributed by atoms with Gasteiger partial charge in [-0.1, -0.05) is 6.92 Å². The van der Waals surface area contributed by atoms with Gasteiger partial charge in [0.1, 0.15) is 0 Å². The summed E-state index contributed by atoms with van der Waals surface area (Å²) < 4.78 is 5.15. The minimum atomic E-state index is -0.618. The van der Waals surface area contributed by atoms with E-state index in [0.717, 1.165) is 38.4 Å². The maximum atomic E-state index is 12.2. The summed E-state index contributed by atoms with van der Waals surface area (Å²) in [4.78, 5) is 17.0. The molecule has 1 aromatic rings. The zero-order valence-electron chi connectivity index (χ0n) is 13.6. The lowest BCUT2D eigenvalue weighted by molar-refractivity contribution is 0.0886. The molecule has 0 aromatic heterocycles. The Kier molecular flexibility index (Phi) is 5.15. The van der Waals surface area contributed by atoms with Crippen molar-refractivity contribution in [3.05, 3.63) is 29.8 Å². The summed E-state index contributed by atoms with van der Waals surface area (Å²) in [7, 11) is 0. The number of rotatable bonds is 4. The largest absolute Gasteiger partial charge is 0.388 e. The van der Waals surface area contributed by atoms with E-state index < -0.39 is 6.10 Å². The Labute approximate surface area is 137 Å². The molecule has 0 saturated carbocycles. The van der Waals surface area contributed by atoms with Crippen molar-refractivity contribution in [1.82, 2.24) is 10.2 Å². The Balaban J connectivity index is 1.57. The minimum Gasteiger partial charge on any atom is -0.388 e. The van der Waals surface area contributed by atoms with Gasteiger partial charge in [0.2, 0.25) is 0 Å². The summed E-state index contributed by atoms with van der Waals surface area (Å²) >= 11 is 0. The summed E-state index contributed by atoms with van der Waals surface area (Å²) in [5, 5.41) is 12.5. The fraction of sp³-hybridized carbons (Fsp3) is 0.588. The van der Waals surface area contributed by atoms with Crippen LogP contribution in [0.5, 0.6) is 0 Å². The second kappa shape index (κ2) is 7.29. The van der Waals surface area contributed by atoms with Gasteiger partial charge in [0.25, 0.3) is 5.91 Å². The van der Waals surface area contributed by atoms with Crippen LogP contribution in [-0.2, 0) is 4.74 Å². The third-order valence-corrected chi connectivity index (χ3v) is 4.68. The number of amides is 1. The number of nitrogens with zero attached hydrogens (tertiary/aromatic N) is 2. The summed E-state index contributed by atoms with van der Waals surface area (Å²) in [5.41, 5.74) is 1.77. The highest BCUT2D eigenvalue weighted by atomic mass is 16.5. The van der Waals surface area contributed by atoms with Gasteiger partial charge in [-0.05, 0) is 30.8 Å². The molecule has 2 atom stereocenters. The van der Waals surface area contributed by atoms with Gasteiger partial charge in [-0.25, -0.2) is 0 Å². The first-order chi connectivity index (χ1) is 11.2. The average Bonchev–Trinajstić information content (AvgIpc) is 3.00. The highest BCUT2D eigenvalue weighted by Gasteiger charge is 2.27. The van der Waals surface area contributed by atoms with E-state index in [1.54, 1.807) is 0 Å². The fourth-order valence-corrected chi connectivity index (χ4v) is 3.08. The minimum absolute atomic E-state index is 0.165. The van der Waals surface area contributed by atoms with Crippen LogP contribution in [0.3, 0.4) is 0 Å². The summed E-state index contributed by atoms with van der Waals surface area (Å²) in [6.07, 6.45) is -0.618. The van der Waals surface area contributed by atoms with Crippen molar-refractivity contribution in [1.29, 1.82) is 0 Å². The summed E-state index contributed by atoms with van der Waals surface area (Å²) in [6, 6.07) is 7.37. The van der Waals surface area contributed by atoms with Crippen molar-refractivity contribution in [3.63, 3.8) is 0 Å². The van der Waals surface area contributed by atoms with Gasteiger partial charge in [0.05, 0.1) is 25.4 Å². The van der Waals surface area contributed by atoms with E-state index in [0.29, 0.717) is 12.2 Å². The molecule has 0 unspecified atom stereocenters. The predicted molar refractivity (Wildman–Crippen MR) is 88.8 cm³/mol. The highest BCUT2D eigenvalue weighted by molar-refractivity contribution is 5.94. The molecule has 3 rings (SSSR count). The van der Waals surface area contributed by atoms with Crippen LogP contribution < -0.4 is 10.2 Å². The number of nitrogens with one attached hydrogen (secondary N) is 1. The first kappa shape index (κ1) is 16.2. The van der Waals surface area contributed by atoms with E-state index in [-0.39, 0.29) is 18.6 Å². The zero-order chi connectivity index (χ0) is 16.2. The van der Waals surface area contributed by atoms with Crippen LogP contribution in [-0.4, -0.2) is 74.0 Å². The van der Waals surface area contributed by atoms with Crippen molar-refractivity contribution in [2.75, 3.05) is 50.8 Å². The topological polar surface area (TPSA) is 65.0 Å². The molecule has 2 saturated heterocycles. The van der Waals surface area contributed by atoms with Gasteiger partial charge in [-0.15, -0.1) is 0 Å². The van der Waals surface area contributed by atoms with E-state index in [1.807, 2.05) is 24.3 Å². The van der Waals surface area contributed by atoms with Gasteiger partial charge < -0.3 is 25.0 Å². The Morgan fingerprint density at radius 1 is 1.22 bits per heavy atom. The van der Waals surface area contributed by atoms with Crippen LogP contribution in [0.4, 0.5) is 5.69 Å². The predicted octanol–water partition coefficient (Wildman–Crippen LogP) is 0.318. The lowest BCUT2D eigenvalue weighted by Gasteiger charge is -2.35. The van der Waals surface area contributed by atoms with Crippen molar-refractivity contribution in [3.8, 4) is 0 Å². The average molecular weight is 319 g/mol. The molecule has 2 aliphatic rings. The molecule has 0 aliphatic carbocycles. The molecule has 0 bridgehead atoms. The first-order valence-electron chi connectivity index (χ1n) is 8.31. The summed E-state index contributed by atoms with van der Waals surface area (Å²) in [6.45, 7) is 8.14. The van der Waals surface area contributed by atoms with E-state index in [4.69, 9.17) is 4.74 Å². The molecule has 0 spiro atoms. The normalized spacial score (nSPS) is 25.6. The number of likely N-dealkylation sites (N-methyl/N-ethyl adjacent to an activating group) is 1. The number of aliphatic hydroxyl groups is 1. The standard InChI is InChI=1S/C17H25N3O3/c1-2-19-7-9-20(10-8-19)14-5-3-13(4-6-14)17(22)18-15-11-23-12-16(15)21/h3-6,15-16,21H,2,7-12H2,1H3,(H,18,22)/t15-,16-/m1/s1. The fourth-order valence-electron chi connectivity index (χ4n) is 3.08. The molecule has 0 radical (unpaired) electrons. The monoisotopic (exact) mass is 319 g/mol. The Bertz CT molecular complexity index is 526. The van der Waals surface area contributed by atoms with Crippen LogP contribution in [0.15, 0.2) is 24.3 Å². The number of carbonyl (C=O) groups is 1. The molecule has 6 heteroatoms. The molecule has 23 heavy (non-hydrogen) atoms. The molecule has 6 nitrogen and oxygen atoms in total. The number of benzene rings is 1. The van der Waals surface area contributed by atoms with Crippen LogP contribution in [0.25, 0.3) is 0 Å². The second-order valence-corrected chi connectivity index (χ2v) is 6.15. The van der Waals surface area contributed by atoms with Crippen LogP contribution >= 0.6 is 0 Å². The number of hydrogen-bond acceptors (Lipinski definition) is 5. The number of anilines is 1. The number of ether oxygens (including phenoxy) is 1. The lowest BCUT2D eigenvalue weighted by Crippen LogP contribution is -2.46. The van der Waals surface area contributed by atoms with E-state index in [9.17, 15) is 9.90 Å². The molecule has 2 N–H and O–H groups in total. The van der Waals surface area contributed by atoms with Crippen molar-refractivity contribution >= 4 is 11.6 Å². The van der Waals surface area contributed by atoms with Crippen LogP contribution in [0.2, 0.25) is 0 Å². The maximum Gasteiger partial charge on any atom is 0.251 e. The van der Waals surface area contributed by atoms with Crippen LogP contribution in [0.1, 0.15) is 17.3 Å². The number of piperazine rings is 1. The van der Waals surface area contributed by atoms with Crippen molar-refractivity contribution in [2.45, 2.75) is 19.1 Å². The molecule has 126 valence electrons. The smallest absolute Gasteiger partial charge is 0.251 e. The molecule has 2 aliphatic heterocycles. The quantitative estimate of drug-likeness (QED) is 0.837. The maximum absolute atomic E-state index is 12.2. The Morgan fingerprint density at radius 2 is 1.91 bits per heavy atom. The third kappa shape index (κ3) is 3.83. The molecule has 1 aromatic carbocycles. The number of aliphatic hydroxyl groups excluding tert-OH is 1. The van der Waals surface area contributed by atoms with E-state index >= 15 is 0 Å². The zero-order valence-corrected chi connectivity index (χ0v) is 13.6. The number of carbonyl (C=O) groups excluding carboxylic acids is 1. The van der Waals surface area contributed by atoms with Crippen molar-refractivity contribution in [2.24, 2.45) is 0 Å². The third-order valence-electron chi connectivity index (χ3n) is 4.68. The van der Waals surface area contributed by atoms with Gasteiger partial charge in [0.15, 0.2) is 0 Å². The van der Waals surface area contributed by atoms with Crippen LogP contribution in [0, 0.1) is 0 Å². The van der Waals surface area contributed by atoms with Crippen molar-refractivity contribution < 1.29 is 14.6 Å². The van der Waals surface area contributed by atoms with E-state index in [1.165, 1.54) is 0 Å². The second-order valence-electron chi connectivity index (χ2n) is 6.15. The first-order valence-corrected chi connectivity index (χ1v) is 8.31. The number of hydrogen-bond donors (Lipinski definition) is 2. The molecular weight excluding hydrogens is 294 g/mol. The van der Waals surface area contributed by atoms with Gasteiger partial charge in [0, 0.05) is 37.4 Å². The van der Waals surface area contributed by atoms with Gasteiger partial charge in [-0.3, -0.25) is 4.79 Å². The lowest BCUT2D eigenvalue weighted by atomic mass is 10.1. The highest BCUT2D eigenvalue weighted by Crippen LogP contribution is 2.17. The SMILES string of the molecule is CCN1CCN(c2ccc(C(=O)N[C@@H]3COC[C@H]3O)cc2)CC1. The van der Waals surface area contributed by atoms with Gasteiger partial charge >= 0.3 is 0 Å². The van der Waals surface area contributed by atoms with E-state index in [2.05, 4.69) is 22.0 Å². The molecule has 2 fully saturated rings.